The van der Waals surface area contributed by atoms with Gasteiger partial charge in [-0.05, 0) is 145 Å². The Morgan fingerprint density at radius 3 is 1.08 bits per heavy atom. The molecule has 0 fully saturated rings. The normalized spacial score (nSPS) is 11.3. The van der Waals surface area contributed by atoms with E-state index in [1.54, 1.807) is 140 Å². The zero-order valence-electron chi connectivity index (χ0n) is 66.1. The molecule has 21 heteroatoms. The van der Waals surface area contributed by atoms with E-state index in [0.717, 1.165) is 34.4 Å². The number of hydrogen-bond donors (Lipinski definition) is 3. The van der Waals surface area contributed by atoms with Crippen LogP contribution in [0.1, 0.15) is 118 Å². The lowest BCUT2D eigenvalue weighted by molar-refractivity contribution is -0.164. The van der Waals surface area contributed by atoms with Crippen LogP contribution in [0.5, 0.6) is 28.7 Å². The van der Waals surface area contributed by atoms with Gasteiger partial charge in [-0.3, -0.25) is 4.79 Å². The molecule has 0 saturated heterocycles. The van der Waals surface area contributed by atoms with E-state index in [9.17, 15) is 43.2 Å². The lowest BCUT2D eigenvalue weighted by Gasteiger charge is -2.31. The number of carbonyl (C=O) groups excluding carboxylic acids is 9. The summed E-state index contributed by atoms with van der Waals surface area (Å²) in [5.74, 6) is -7.25. The number of rotatable bonds is 31. The van der Waals surface area contributed by atoms with Crippen LogP contribution in [0.2, 0.25) is 0 Å². The number of esters is 8. The first-order valence-electron chi connectivity index (χ1n) is 37.8. The molecule has 11 aromatic carbocycles. The van der Waals surface area contributed by atoms with Gasteiger partial charge < -0.3 is 59.8 Å². The van der Waals surface area contributed by atoms with Crippen molar-refractivity contribution in [3.05, 3.63) is 382 Å². The topological polar surface area (TPSA) is 315 Å². The summed E-state index contributed by atoms with van der Waals surface area (Å²) < 4.78 is 51.4. The van der Waals surface area contributed by atoms with Crippen molar-refractivity contribution in [2.45, 2.75) is 34.6 Å². The number of aryl methyl sites for hydroxylation is 1. The summed E-state index contributed by atoms with van der Waals surface area (Å²) in [6.45, 7) is 8.42. The van der Waals surface area contributed by atoms with E-state index in [0.29, 0.717) is 33.7 Å². The van der Waals surface area contributed by atoms with Gasteiger partial charge in [-0.15, -0.1) is 0 Å². The van der Waals surface area contributed by atoms with Gasteiger partial charge >= 0.3 is 47.8 Å². The minimum atomic E-state index is -1.49. The van der Waals surface area contributed by atoms with E-state index < -0.39 is 102 Å². The van der Waals surface area contributed by atoms with E-state index >= 15 is 0 Å². The van der Waals surface area contributed by atoms with Crippen molar-refractivity contribution < 1.29 is 85.8 Å². The van der Waals surface area contributed by atoms with Gasteiger partial charge in [0.2, 0.25) is 0 Å². The summed E-state index contributed by atoms with van der Waals surface area (Å²) in [5, 5.41) is 0. The SMILES string of the molecule is CC.CC.Cc1cccc(C=CC(=O)OCC(COC(=O)C=Cc2ccccc2)(COC(=O)C=Cc2ccccc2)COC(=O)C=Cc2cccc(N)c2)c1.Nc1cccc(C(=O)Oc2cc(C(=O)Oc3ccccc3/C=C/COc3ccccc3)c(OC(=O)c3cccc(N)c3)cc2C(=O)Oc2ccccc2/C=C\C(=O)c2ccccc2)c1. The lowest BCUT2D eigenvalue weighted by Crippen LogP contribution is -2.43. The van der Waals surface area contributed by atoms with Crippen LogP contribution >= 0.6 is 0 Å². The Labute approximate surface area is 690 Å². The number of ether oxygens (including phenoxy) is 9. The third-order valence-electron chi connectivity index (χ3n) is 16.6. The van der Waals surface area contributed by atoms with Crippen molar-refractivity contribution in [1.29, 1.82) is 0 Å². The Bertz CT molecular complexity index is 5320. The largest absolute Gasteiger partial charge is 0.490 e. The Morgan fingerprint density at radius 2 is 0.655 bits per heavy atom. The summed E-state index contributed by atoms with van der Waals surface area (Å²) >= 11 is 0. The maximum absolute atomic E-state index is 14.3. The zero-order chi connectivity index (χ0) is 85.2. The summed E-state index contributed by atoms with van der Waals surface area (Å²) in [7, 11) is 0. The first kappa shape index (κ1) is 89.0. The number of nitrogen functional groups attached to an aromatic ring is 3. The second kappa shape index (κ2) is 47.2. The van der Waals surface area contributed by atoms with Crippen LogP contribution in [-0.4, -0.2) is 86.6 Å². The fraction of sp³-hybridized carbons (Fsp3) is 0.112. The first-order valence-corrected chi connectivity index (χ1v) is 37.8. The standard InChI is InChI=1S/C52H38N2O10.C42H39NO8.2C2H6/c53-39-21-11-18-37(30-39)49(56)63-47-33-43(52(59)62-46-26-10-8-17-36(46)27-28-44(55)34-14-3-1-4-15-34)48(64-50(57)38-19-12-22-40(54)31-38)32-42(47)51(58)61-45-25-9-7-16-35(45)20-13-29-60-41-23-5-2-6-24-41;1-32-10-8-15-35(26-32)20-24-40(46)50-30-42(28-48-38(44)22-18-33-11-4-2-5-12-33,29-49-39(45)23-19-34-13-6-3-7-14-34)31-51-41(47)25-21-36-16-9-17-37(43)27-36;2*1-2/h1-28,30-33H,29,53-54H2;2-27H,28-31,43H2,1H3;2*1-2H3/b20-13+,28-27-;;;. The number of benzene rings is 11. The Kier molecular flexibility index (Phi) is 35.3. The molecule has 11 aromatic rings. The average Bonchev–Trinajstić information content (AvgIpc) is 0.784. The lowest BCUT2D eigenvalue weighted by atomic mass is 9.92. The van der Waals surface area contributed by atoms with Gasteiger partial charge in [-0.1, -0.05) is 233 Å². The van der Waals surface area contributed by atoms with Crippen LogP contribution in [0, 0.1) is 12.3 Å². The summed E-state index contributed by atoms with van der Waals surface area (Å²) in [5.41, 5.74) is 21.8. The highest BCUT2D eigenvalue weighted by Crippen LogP contribution is 2.35. The molecule has 0 aliphatic carbocycles. The molecule has 0 amide bonds. The maximum atomic E-state index is 14.3. The van der Waals surface area contributed by atoms with Gasteiger partial charge in [0.25, 0.3) is 0 Å². The van der Waals surface area contributed by atoms with E-state index in [4.69, 9.17) is 59.8 Å². The molecule has 0 saturated carbocycles. The van der Waals surface area contributed by atoms with Crippen LogP contribution in [0.3, 0.4) is 0 Å². The zero-order valence-corrected chi connectivity index (χ0v) is 66.1. The number of hydrogen-bond acceptors (Lipinski definition) is 21. The molecular weight excluding hydrogens is 1510 g/mol. The van der Waals surface area contributed by atoms with Crippen LogP contribution in [0.4, 0.5) is 17.1 Å². The number of para-hydroxylation sites is 3. The van der Waals surface area contributed by atoms with Gasteiger partial charge in [0.15, 0.2) is 5.78 Å². The highest BCUT2D eigenvalue weighted by atomic mass is 16.6. The number of ketones is 1. The third-order valence-corrected chi connectivity index (χ3v) is 16.6. The molecule has 119 heavy (non-hydrogen) atoms. The Hall–Kier alpha value is -15.5. The predicted molar refractivity (Wildman–Crippen MR) is 462 cm³/mol. The quantitative estimate of drug-likeness (QED) is 0.00907. The number of nitrogens with two attached hydrogens (primary N) is 3. The van der Waals surface area contributed by atoms with Gasteiger partial charge in [0, 0.05) is 70.2 Å². The van der Waals surface area contributed by atoms with Crippen LogP contribution < -0.4 is 40.9 Å². The van der Waals surface area contributed by atoms with Crippen molar-refractivity contribution in [2.24, 2.45) is 5.41 Å². The predicted octanol–water partition coefficient (Wildman–Crippen LogP) is 18.7. The van der Waals surface area contributed by atoms with Crippen LogP contribution in [-0.2, 0) is 38.1 Å². The van der Waals surface area contributed by atoms with Crippen molar-refractivity contribution >= 4 is 107 Å². The molecular formula is C98H89N3O18. The monoisotopic (exact) mass is 1600 g/mol. The second-order valence-electron chi connectivity index (χ2n) is 25.5. The minimum Gasteiger partial charge on any atom is -0.490 e. The molecule has 0 heterocycles. The highest BCUT2D eigenvalue weighted by molar-refractivity contribution is 6.07. The molecule has 21 nitrogen and oxygen atoms in total. The van der Waals surface area contributed by atoms with Gasteiger partial charge in [0.1, 0.15) is 78.3 Å². The fourth-order valence-corrected chi connectivity index (χ4v) is 10.7. The van der Waals surface area contributed by atoms with Crippen LogP contribution in [0.15, 0.2) is 316 Å². The molecule has 0 aromatic heterocycles. The summed E-state index contributed by atoms with van der Waals surface area (Å²) in [6.07, 6.45) is 17.5. The molecule has 6 N–H and O–H groups in total. The smallest absolute Gasteiger partial charge is 0.347 e. The maximum Gasteiger partial charge on any atom is 0.347 e. The van der Waals surface area contributed by atoms with Gasteiger partial charge in [0.05, 0.1) is 11.1 Å². The van der Waals surface area contributed by atoms with E-state index in [1.165, 1.54) is 85.0 Å². The molecule has 0 bridgehead atoms. The van der Waals surface area contributed by atoms with Crippen molar-refractivity contribution in [1.82, 2.24) is 0 Å². The molecule has 11 rings (SSSR count). The van der Waals surface area contributed by atoms with Crippen LogP contribution in [0.25, 0.3) is 36.5 Å². The molecule has 0 radical (unpaired) electrons. The highest BCUT2D eigenvalue weighted by Gasteiger charge is 2.38. The van der Waals surface area contributed by atoms with Crippen molar-refractivity contribution in [2.75, 3.05) is 50.2 Å². The third kappa shape index (κ3) is 29.8. The molecule has 604 valence electrons. The van der Waals surface area contributed by atoms with E-state index in [1.807, 2.05) is 150 Å². The minimum absolute atomic E-state index is 0.0242. The summed E-state index contributed by atoms with van der Waals surface area (Å²) in [6, 6.07) is 77.5. The molecule has 0 spiro atoms. The van der Waals surface area contributed by atoms with Gasteiger partial charge in [-0.2, -0.15) is 0 Å². The number of allylic oxidation sites excluding steroid dienone is 1. The van der Waals surface area contributed by atoms with Crippen molar-refractivity contribution in [3.63, 3.8) is 0 Å². The van der Waals surface area contributed by atoms with E-state index in [2.05, 4.69) is 0 Å². The summed E-state index contributed by atoms with van der Waals surface area (Å²) in [4.78, 5) is 120. The number of anilines is 3. The van der Waals surface area contributed by atoms with Crippen molar-refractivity contribution in [3.8, 4) is 28.7 Å². The molecule has 0 aliphatic rings. The first-order chi connectivity index (χ1) is 57.8. The number of carbonyl (C=O) groups is 9. The molecule has 0 atom stereocenters. The fourth-order valence-electron chi connectivity index (χ4n) is 10.7. The van der Waals surface area contributed by atoms with Gasteiger partial charge in [-0.25, -0.2) is 38.4 Å². The average molecular weight is 1600 g/mol. The molecule has 0 unspecified atom stereocenters. The molecule has 0 aliphatic heterocycles. The Balaban J connectivity index is 0.000000292. The Morgan fingerprint density at radius 1 is 0.311 bits per heavy atom. The van der Waals surface area contributed by atoms with E-state index in [-0.39, 0.29) is 46.4 Å². The second-order valence-corrected chi connectivity index (χ2v) is 25.5.